The second-order valence-corrected chi connectivity index (χ2v) is 7.04. The molecule has 2 aliphatic heterocycles. The standard InChI is InChI=1S/C19H26FN3O2/c20-15-6-3-14(4-7-15)5-8-18(24)22-12-9-16(10-13-22)23-11-1-2-17(23)19(21)25/h3-4,6-7,16-17H,1-2,5,8-13H2,(H2,21,25)/t17-/m1/s1. The lowest BCUT2D eigenvalue weighted by Crippen LogP contribution is -2.51. The van der Waals surface area contributed by atoms with E-state index in [1.54, 1.807) is 12.1 Å². The average molecular weight is 347 g/mol. The van der Waals surface area contributed by atoms with Crippen molar-refractivity contribution < 1.29 is 14.0 Å². The van der Waals surface area contributed by atoms with Gasteiger partial charge in [-0.1, -0.05) is 12.1 Å². The fourth-order valence-corrected chi connectivity index (χ4v) is 4.04. The van der Waals surface area contributed by atoms with Gasteiger partial charge < -0.3 is 10.6 Å². The van der Waals surface area contributed by atoms with Crippen molar-refractivity contribution in [2.75, 3.05) is 19.6 Å². The van der Waals surface area contributed by atoms with Crippen LogP contribution in [0.3, 0.4) is 0 Å². The van der Waals surface area contributed by atoms with Gasteiger partial charge in [-0.25, -0.2) is 4.39 Å². The lowest BCUT2D eigenvalue weighted by molar-refractivity contribution is -0.133. The van der Waals surface area contributed by atoms with E-state index in [2.05, 4.69) is 4.90 Å². The van der Waals surface area contributed by atoms with Crippen molar-refractivity contribution in [3.05, 3.63) is 35.6 Å². The lowest BCUT2D eigenvalue weighted by Gasteiger charge is -2.38. The minimum atomic E-state index is -0.256. The van der Waals surface area contributed by atoms with Gasteiger partial charge in [0.05, 0.1) is 6.04 Å². The Bertz CT molecular complexity index is 612. The Morgan fingerprint density at radius 1 is 1.08 bits per heavy atom. The molecule has 2 fully saturated rings. The van der Waals surface area contributed by atoms with Crippen molar-refractivity contribution in [2.45, 2.75) is 50.6 Å². The van der Waals surface area contributed by atoms with Crippen molar-refractivity contribution in [3.8, 4) is 0 Å². The van der Waals surface area contributed by atoms with Crippen molar-refractivity contribution in [3.63, 3.8) is 0 Å². The molecule has 1 aromatic carbocycles. The third kappa shape index (κ3) is 4.37. The predicted octanol–water partition coefficient (Wildman–Crippen LogP) is 1.70. The summed E-state index contributed by atoms with van der Waals surface area (Å²) in [5.74, 6) is -0.334. The Labute approximate surface area is 148 Å². The maximum Gasteiger partial charge on any atom is 0.234 e. The van der Waals surface area contributed by atoms with Crippen LogP contribution >= 0.6 is 0 Å². The second-order valence-electron chi connectivity index (χ2n) is 7.04. The summed E-state index contributed by atoms with van der Waals surface area (Å²) < 4.78 is 12.9. The molecule has 3 rings (SSSR count). The summed E-state index contributed by atoms with van der Waals surface area (Å²) in [5, 5.41) is 0. The Morgan fingerprint density at radius 3 is 2.40 bits per heavy atom. The first kappa shape index (κ1) is 17.9. The number of halogens is 1. The van der Waals surface area contributed by atoms with Gasteiger partial charge in [0.15, 0.2) is 0 Å². The maximum absolute atomic E-state index is 12.9. The zero-order valence-corrected chi connectivity index (χ0v) is 14.5. The molecule has 2 N–H and O–H groups in total. The molecule has 136 valence electrons. The highest BCUT2D eigenvalue weighted by Crippen LogP contribution is 2.26. The summed E-state index contributed by atoms with van der Waals surface area (Å²) in [6.45, 7) is 2.39. The molecule has 0 spiro atoms. The molecule has 1 atom stereocenters. The van der Waals surface area contributed by atoms with Gasteiger partial charge in [0.25, 0.3) is 0 Å². The Hall–Kier alpha value is -1.95. The van der Waals surface area contributed by atoms with Crippen LogP contribution in [0.4, 0.5) is 4.39 Å². The highest BCUT2D eigenvalue weighted by atomic mass is 19.1. The van der Waals surface area contributed by atoms with E-state index in [9.17, 15) is 14.0 Å². The lowest BCUT2D eigenvalue weighted by atomic mass is 10.0. The number of aryl methyl sites for hydroxylation is 1. The Balaban J connectivity index is 1.46. The first-order valence-electron chi connectivity index (χ1n) is 9.12. The molecule has 2 aliphatic rings. The zero-order chi connectivity index (χ0) is 17.8. The van der Waals surface area contributed by atoms with E-state index in [-0.39, 0.29) is 23.7 Å². The molecular weight excluding hydrogens is 321 g/mol. The highest BCUT2D eigenvalue weighted by molar-refractivity contribution is 5.80. The van der Waals surface area contributed by atoms with E-state index >= 15 is 0 Å². The van der Waals surface area contributed by atoms with E-state index in [0.717, 1.165) is 50.9 Å². The SMILES string of the molecule is NC(=O)[C@H]1CCCN1C1CCN(C(=O)CCc2ccc(F)cc2)CC1. The van der Waals surface area contributed by atoms with Crippen LogP contribution in [-0.2, 0) is 16.0 Å². The number of carbonyl (C=O) groups is 2. The molecule has 0 aliphatic carbocycles. The van der Waals surface area contributed by atoms with E-state index in [0.29, 0.717) is 18.9 Å². The monoisotopic (exact) mass is 347 g/mol. The number of amides is 2. The number of hydrogen-bond donors (Lipinski definition) is 1. The number of nitrogens with zero attached hydrogens (tertiary/aromatic N) is 2. The summed E-state index contributed by atoms with van der Waals surface area (Å²) >= 11 is 0. The van der Waals surface area contributed by atoms with E-state index in [1.807, 2.05) is 4.90 Å². The normalized spacial score (nSPS) is 22.3. The molecule has 1 aromatic rings. The molecule has 0 radical (unpaired) electrons. The van der Waals surface area contributed by atoms with Crippen LogP contribution < -0.4 is 5.73 Å². The molecule has 0 aromatic heterocycles. The van der Waals surface area contributed by atoms with Crippen LogP contribution in [0.2, 0.25) is 0 Å². The molecule has 2 amide bonds. The first-order valence-corrected chi connectivity index (χ1v) is 9.12. The van der Waals surface area contributed by atoms with Gasteiger partial charge in [0.1, 0.15) is 5.82 Å². The van der Waals surface area contributed by atoms with Gasteiger partial charge in [-0.15, -0.1) is 0 Å². The largest absolute Gasteiger partial charge is 0.368 e. The Morgan fingerprint density at radius 2 is 1.76 bits per heavy atom. The number of likely N-dealkylation sites (tertiary alicyclic amines) is 2. The minimum absolute atomic E-state index is 0.134. The third-order valence-electron chi connectivity index (χ3n) is 5.45. The predicted molar refractivity (Wildman–Crippen MR) is 93.2 cm³/mol. The molecule has 25 heavy (non-hydrogen) atoms. The molecule has 2 saturated heterocycles. The topological polar surface area (TPSA) is 66.6 Å². The van der Waals surface area contributed by atoms with Crippen molar-refractivity contribution in [2.24, 2.45) is 5.73 Å². The summed E-state index contributed by atoms with van der Waals surface area (Å²) in [4.78, 5) is 28.1. The fraction of sp³-hybridized carbons (Fsp3) is 0.579. The number of rotatable bonds is 5. The van der Waals surface area contributed by atoms with Crippen LogP contribution in [0.5, 0.6) is 0 Å². The summed E-state index contributed by atoms with van der Waals surface area (Å²) in [6, 6.07) is 6.53. The van der Waals surface area contributed by atoms with Crippen LogP contribution in [0.15, 0.2) is 24.3 Å². The number of benzene rings is 1. The van der Waals surface area contributed by atoms with Gasteiger partial charge >= 0.3 is 0 Å². The van der Waals surface area contributed by atoms with E-state index < -0.39 is 0 Å². The average Bonchev–Trinajstić information content (AvgIpc) is 3.11. The van der Waals surface area contributed by atoms with Crippen LogP contribution in [0, 0.1) is 5.82 Å². The molecule has 0 unspecified atom stereocenters. The van der Waals surface area contributed by atoms with Gasteiger partial charge in [-0.05, 0) is 56.3 Å². The first-order chi connectivity index (χ1) is 12.0. The highest BCUT2D eigenvalue weighted by Gasteiger charge is 2.36. The molecule has 2 heterocycles. The summed E-state index contributed by atoms with van der Waals surface area (Å²) in [5.41, 5.74) is 6.48. The summed E-state index contributed by atoms with van der Waals surface area (Å²) in [6.07, 6.45) is 4.74. The molecule has 6 heteroatoms. The van der Waals surface area contributed by atoms with Gasteiger partial charge in [-0.2, -0.15) is 0 Å². The number of piperidine rings is 1. The van der Waals surface area contributed by atoms with Crippen LogP contribution in [-0.4, -0.2) is 53.3 Å². The van der Waals surface area contributed by atoms with Gasteiger partial charge in [0, 0.05) is 25.6 Å². The second kappa shape index (κ2) is 7.95. The fourth-order valence-electron chi connectivity index (χ4n) is 4.04. The Kier molecular flexibility index (Phi) is 5.68. The summed E-state index contributed by atoms with van der Waals surface area (Å²) in [7, 11) is 0. The number of nitrogens with two attached hydrogens (primary N) is 1. The number of primary amides is 1. The third-order valence-corrected chi connectivity index (χ3v) is 5.45. The van der Waals surface area contributed by atoms with Crippen molar-refractivity contribution in [1.82, 2.24) is 9.80 Å². The van der Waals surface area contributed by atoms with Gasteiger partial charge in [-0.3, -0.25) is 14.5 Å². The molecule has 0 bridgehead atoms. The zero-order valence-electron chi connectivity index (χ0n) is 14.5. The number of hydrogen-bond acceptors (Lipinski definition) is 3. The molecule has 5 nitrogen and oxygen atoms in total. The van der Waals surface area contributed by atoms with E-state index in [1.165, 1.54) is 12.1 Å². The smallest absolute Gasteiger partial charge is 0.234 e. The maximum atomic E-state index is 12.9. The minimum Gasteiger partial charge on any atom is -0.368 e. The van der Waals surface area contributed by atoms with Crippen LogP contribution in [0.1, 0.15) is 37.7 Å². The molecule has 0 saturated carbocycles. The quantitative estimate of drug-likeness (QED) is 0.882. The number of carbonyl (C=O) groups excluding carboxylic acids is 2. The van der Waals surface area contributed by atoms with Crippen molar-refractivity contribution in [1.29, 1.82) is 0 Å². The van der Waals surface area contributed by atoms with Crippen molar-refractivity contribution >= 4 is 11.8 Å². The van der Waals surface area contributed by atoms with E-state index in [4.69, 9.17) is 5.73 Å². The van der Waals surface area contributed by atoms with Gasteiger partial charge in [0.2, 0.25) is 11.8 Å². The van der Waals surface area contributed by atoms with Crippen LogP contribution in [0.25, 0.3) is 0 Å². The molecular formula is C19H26FN3O2.